The number of sulfone groups is 1. The number of sulfonamides is 1. The molecule has 1 amide bonds. The van der Waals surface area contributed by atoms with Gasteiger partial charge in [-0.05, 0) is 67.9 Å². The van der Waals surface area contributed by atoms with E-state index in [1.165, 1.54) is 36.4 Å². The van der Waals surface area contributed by atoms with Crippen LogP contribution >= 0.6 is 0 Å². The molecular weight excluding hydrogens is 479 g/mol. The Bertz CT molecular complexity index is 1370. The first-order valence-corrected chi connectivity index (χ1v) is 13.7. The van der Waals surface area contributed by atoms with E-state index in [9.17, 15) is 26.0 Å². The number of hydrogen-bond donors (Lipinski definition) is 1. The minimum absolute atomic E-state index is 0.000336. The Labute approximate surface area is 199 Å². The van der Waals surface area contributed by atoms with E-state index >= 15 is 0 Å². The number of carbonyl (C=O) groups excluding carboxylic acids is 1. The van der Waals surface area contributed by atoms with Gasteiger partial charge in [0.1, 0.15) is 12.4 Å². The number of hydrogen-bond acceptors (Lipinski definition) is 5. The quantitative estimate of drug-likeness (QED) is 0.505. The first-order valence-electron chi connectivity index (χ1n) is 10.3. The summed E-state index contributed by atoms with van der Waals surface area (Å²) in [5.41, 5.74) is 1.67. The molecule has 0 saturated heterocycles. The fourth-order valence-corrected chi connectivity index (χ4v) is 5.32. The molecule has 3 aromatic rings. The van der Waals surface area contributed by atoms with Gasteiger partial charge in [-0.25, -0.2) is 21.2 Å². The fraction of sp³-hybridized carbons (Fsp3) is 0.208. The topological polar surface area (TPSA) is 101 Å². The standard InChI is InChI=1S/C24H25FN2O5S2/c1-17-4-12-23(13-5-17)34(31,32)27(21-10-8-20(25)9-11-21)16-24(28)26-18(2)19-6-14-22(15-7-19)33(3,29)30/h4-15,18H,16H2,1-3H3,(H,26,28). The van der Waals surface area contributed by atoms with Crippen molar-refractivity contribution in [3.63, 3.8) is 0 Å². The number of nitrogens with one attached hydrogen (secondary N) is 1. The molecule has 1 unspecified atom stereocenters. The van der Waals surface area contributed by atoms with Gasteiger partial charge in [0.2, 0.25) is 5.91 Å². The molecule has 0 fully saturated rings. The first-order chi connectivity index (χ1) is 15.9. The molecular formula is C24H25FN2O5S2. The molecule has 0 bridgehead atoms. The zero-order valence-corrected chi connectivity index (χ0v) is 20.5. The second-order valence-electron chi connectivity index (χ2n) is 7.93. The Hall–Kier alpha value is -3.24. The highest BCUT2D eigenvalue weighted by Crippen LogP contribution is 2.24. The van der Waals surface area contributed by atoms with Gasteiger partial charge in [0, 0.05) is 6.26 Å². The van der Waals surface area contributed by atoms with Gasteiger partial charge in [-0.2, -0.15) is 0 Å². The summed E-state index contributed by atoms with van der Waals surface area (Å²) in [7, 11) is -7.47. The number of nitrogens with zero attached hydrogens (tertiary/aromatic N) is 1. The van der Waals surface area contributed by atoms with Gasteiger partial charge < -0.3 is 5.32 Å². The molecule has 1 N–H and O–H groups in total. The maximum absolute atomic E-state index is 13.5. The second-order valence-corrected chi connectivity index (χ2v) is 11.8. The van der Waals surface area contributed by atoms with Crippen molar-refractivity contribution in [2.75, 3.05) is 17.1 Å². The average Bonchev–Trinajstić information content (AvgIpc) is 2.78. The third kappa shape index (κ3) is 6.00. The number of aryl methyl sites for hydroxylation is 1. The highest BCUT2D eigenvalue weighted by Gasteiger charge is 2.27. The minimum atomic E-state index is -4.12. The number of amides is 1. The van der Waals surface area contributed by atoms with E-state index in [0.29, 0.717) is 5.56 Å². The van der Waals surface area contributed by atoms with Crippen LogP contribution < -0.4 is 9.62 Å². The monoisotopic (exact) mass is 504 g/mol. The minimum Gasteiger partial charge on any atom is -0.348 e. The van der Waals surface area contributed by atoms with Crippen LogP contribution in [-0.4, -0.2) is 35.5 Å². The third-order valence-electron chi connectivity index (χ3n) is 5.20. The summed E-state index contributed by atoms with van der Waals surface area (Å²) in [4.78, 5) is 13.0. The van der Waals surface area contributed by atoms with Crippen molar-refractivity contribution in [3.05, 3.63) is 89.7 Å². The molecule has 0 aliphatic carbocycles. The Balaban J connectivity index is 1.85. The van der Waals surface area contributed by atoms with Crippen molar-refractivity contribution >= 4 is 31.5 Å². The van der Waals surface area contributed by atoms with Crippen molar-refractivity contribution in [2.24, 2.45) is 0 Å². The molecule has 0 aliphatic rings. The lowest BCUT2D eigenvalue weighted by Crippen LogP contribution is -2.41. The molecule has 0 radical (unpaired) electrons. The van der Waals surface area contributed by atoms with Crippen molar-refractivity contribution in [1.82, 2.24) is 5.32 Å². The fourth-order valence-electron chi connectivity index (χ4n) is 3.26. The first kappa shape index (κ1) is 25.4. The molecule has 0 saturated carbocycles. The van der Waals surface area contributed by atoms with Crippen LogP contribution in [-0.2, 0) is 24.7 Å². The molecule has 0 aliphatic heterocycles. The molecule has 1 atom stereocenters. The molecule has 0 heterocycles. The van der Waals surface area contributed by atoms with E-state index in [2.05, 4.69) is 5.32 Å². The van der Waals surface area contributed by atoms with Crippen molar-refractivity contribution in [1.29, 1.82) is 0 Å². The van der Waals surface area contributed by atoms with Crippen LogP contribution in [0, 0.1) is 12.7 Å². The maximum Gasteiger partial charge on any atom is 0.264 e. The Morgan fingerprint density at radius 1 is 0.882 bits per heavy atom. The lowest BCUT2D eigenvalue weighted by atomic mass is 10.1. The van der Waals surface area contributed by atoms with E-state index in [4.69, 9.17) is 0 Å². The lowest BCUT2D eigenvalue weighted by Gasteiger charge is -2.25. The van der Waals surface area contributed by atoms with Gasteiger partial charge in [0.15, 0.2) is 9.84 Å². The van der Waals surface area contributed by atoms with Crippen LogP contribution in [0.2, 0.25) is 0 Å². The smallest absolute Gasteiger partial charge is 0.264 e. The van der Waals surface area contributed by atoms with Crippen LogP contribution in [0.4, 0.5) is 10.1 Å². The number of carbonyl (C=O) groups is 1. The van der Waals surface area contributed by atoms with Crippen LogP contribution in [0.5, 0.6) is 0 Å². The normalized spacial score (nSPS) is 12.7. The van der Waals surface area contributed by atoms with Crippen molar-refractivity contribution in [2.45, 2.75) is 29.7 Å². The van der Waals surface area contributed by atoms with Gasteiger partial charge in [-0.1, -0.05) is 29.8 Å². The average molecular weight is 505 g/mol. The number of halogens is 1. The maximum atomic E-state index is 13.5. The van der Waals surface area contributed by atoms with E-state index in [-0.39, 0.29) is 15.5 Å². The summed E-state index contributed by atoms with van der Waals surface area (Å²) < 4.78 is 64.4. The van der Waals surface area contributed by atoms with E-state index in [1.54, 1.807) is 31.2 Å². The molecule has 7 nitrogen and oxygen atoms in total. The summed E-state index contributed by atoms with van der Waals surface area (Å²) >= 11 is 0. The Kier molecular flexibility index (Phi) is 7.42. The lowest BCUT2D eigenvalue weighted by molar-refractivity contribution is -0.120. The van der Waals surface area contributed by atoms with Crippen LogP contribution in [0.3, 0.4) is 0 Å². The van der Waals surface area contributed by atoms with Gasteiger partial charge in [-0.15, -0.1) is 0 Å². The molecule has 0 aromatic heterocycles. The zero-order chi connectivity index (χ0) is 25.1. The van der Waals surface area contributed by atoms with Gasteiger partial charge >= 0.3 is 0 Å². The molecule has 3 aromatic carbocycles. The third-order valence-corrected chi connectivity index (χ3v) is 8.11. The van der Waals surface area contributed by atoms with Crippen molar-refractivity contribution in [3.8, 4) is 0 Å². The Morgan fingerprint density at radius 3 is 1.94 bits per heavy atom. The van der Waals surface area contributed by atoms with Crippen LogP contribution in [0.15, 0.2) is 82.6 Å². The highest BCUT2D eigenvalue weighted by molar-refractivity contribution is 7.93. The van der Waals surface area contributed by atoms with Gasteiger partial charge in [0.25, 0.3) is 10.0 Å². The molecule has 10 heteroatoms. The highest BCUT2D eigenvalue weighted by atomic mass is 32.2. The summed E-state index contributed by atoms with van der Waals surface area (Å²) in [5.74, 6) is -1.12. The number of rotatable bonds is 8. The predicted octanol–water partition coefficient (Wildman–Crippen LogP) is 3.61. The largest absolute Gasteiger partial charge is 0.348 e. The molecule has 34 heavy (non-hydrogen) atoms. The SMILES string of the molecule is Cc1ccc(S(=O)(=O)N(CC(=O)NC(C)c2ccc(S(C)(=O)=O)cc2)c2ccc(F)cc2)cc1. The van der Waals surface area contributed by atoms with Crippen molar-refractivity contribution < 1.29 is 26.0 Å². The summed E-state index contributed by atoms with van der Waals surface area (Å²) in [6.45, 7) is 2.99. The summed E-state index contributed by atoms with van der Waals surface area (Å²) in [6, 6.07) is 16.6. The van der Waals surface area contributed by atoms with E-state index in [0.717, 1.165) is 28.3 Å². The van der Waals surface area contributed by atoms with Crippen LogP contribution in [0.25, 0.3) is 0 Å². The zero-order valence-electron chi connectivity index (χ0n) is 18.9. The van der Waals surface area contributed by atoms with E-state index in [1.807, 2.05) is 6.92 Å². The second kappa shape index (κ2) is 9.94. The predicted molar refractivity (Wildman–Crippen MR) is 128 cm³/mol. The van der Waals surface area contributed by atoms with Gasteiger partial charge in [-0.3, -0.25) is 9.10 Å². The van der Waals surface area contributed by atoms with E-state index < -0.39 is 44.2 Å². The molecule has 3 rings (SSSR count). The number of benzene rings is 3. The summed E-state index contributed by atoms with van der Waals surface area (Å²) in [5, 5.41) is 2.73. The summed E-state index contributed by atoms with van der Waals surface area (Å²) in [6.07, 6.45) is 1.10. The van der Waals surface area contributed by atoms with Gasteiger partial charge in [0.05, 0.1) is 21.5 Å². The molecule has 180 valence electrons. The number of anilines is 1. The molecule has 0 spiro atoms. The van der Waals surface area contributed by atoms with Crippen LogP contribution in [0.1, 0.15) is 24.1 Å². The Morgan fingerprint density at radius 2 is 1.41 bits per heavy atom.